The Morgan fingerprint density at radius 3 is 2.70 bits per heavy atom. The predicted molar refractivity (Wildman–Crippen MR) is 118 cm³/mol. The number of rotatable bonds is 4. The van der Waals surface area contributed by atoms with Crippen molar-refractivity contribution in [3.05, 3.63) is 66.2 Å². The number of carbonyl (C=O) groups is 2. The molecule has 3 heterocycles. The second-order valence-electron chi connectivity index (χ2n) is 7.63. The van der Waals surface area contributed by atoms with Gasteiger partial charge in [-0.25, -0.2) is 0 Å². The van der Waals surface area contributed by atoms with Crippen molar-refractivity contribution in [1.29, 1.82) is 0 Å². The number of nitrogens with zero attached hydrogens (tertiary/aromatic N) is 7. The lowest BCUT2D eigenvalue weighted by atomic mass is 10.1. The van der Waals surface area contributed by atoms with E-state index in [0.717, 1.165) is 5.56 Å². The molecule has 1 N–H and O–H groups in total. The van der Waals surface area contributed by atoms with Gasteiger partial charge in [-0.2, -0.15) is 4.80 Å². The first-order chi connectivity index (χ1) is 16.1. The molecule has 0 aliphatic carbocycles. The minimum Gasteiger partial charge on any atom is -0.489 e. The molecule has 1 aliphatic rings. The third kappa shape index (κ3) is 4.33. The minimum atomic E-state index is -0.570. The van der Waals surface area contributed by atoms with Crippen molar-refractivity contribution in [2.45, 2.75) is 19.0 Å². The number of hydrogen-bond donors (Lipinski definition) is 1. The van der Waals surface area contributed by atoms with Gasteiger partial charge in [0.1, 0.15) is 12.4 Å². The number of tetrazole rings is 1. The fraction of sp³-hybridized carbons (Fsp3) is 0.227. The van der Waals surface area contributed by atoms with Crippen molar-refractivity contribution < 1.29 is 14.3 Å². The molecule has 0 saturated heterocycles. The number of amides is 2. The van der Waals surface area contributed by atoms with Gasteiger partial charge in [0.25, 0.3) is 11.7 Å². The molecule has 0 fully saturated rings. The molecule has 0 unspecified atom stereocenters. The van der Waals surface area contributed by atoms with Crippen LogP contribution in [0.3, 0.4) is 0 Å². The number of anilines is 1. The third-order valence-electron chi connectivity index (χ3n) is 5.30. The highest BCUT2D eigenvalue weighted by molar-refractivity contribution is 5.98. The highest BCUT2D eigenvalue weighted by atomic mass is 16.5. The van der Waals surface area contributed by atoms with E-state index in [-0.39, 0.29) is 24.8 Å². The van der Waals surface area contributed by atoms with Crippen molar-refractivity contribution in [3.63, 3.8) is 0 Å². The van der Waals surface area contributed by atoms with Crippen molar-refractivity contribution in [2.75, 3.05) is 18.6 Å². The Bertz CT molecular complexity index is 1320. The first-order valence-corrected chi connectivity index (χ1v) is 10.3. The maximum absolute atomic E-state index is 12.8. The van der Waals surface area contributed by atoms with Crippen LogP contribution < -0.4 is 15.0 Å². The second-order valence-corrected chi connectivity index (χ2v) is 7.63. The zero-order chi connectivity index (χ0) is 22.8. The second kappa shape index (κ2) is 8.61. The zero-order valence-corrected chi connectivity index (χ0v) is 17.8. The average Bonchev–Trinajstić information content (AvgIpc) is 3.30. The number of nitrogens with one attached hydrogen (secondary N) is 1. The minimum absolute atomic E-state index is 0.0539. The summed E-state index contributed by atoms with van der Waals surface area (Å²) >= 11 is 0. The highest BCUT2D eigenvalue weighted by Gasteiger charge is 2.27. The van der Waals surface area contributed by atoms with Gasteiger partial charge in [-0.3, -0.25) is 19.6 Å². The van der Waals surface area contributed by atoms with Crippen molar-refractivity contribution in [3.8, 4) is 5.75 Å². The Labute approximate surface area is 188 Å². The molecule has 0 saturated carbocycles. The summed E-state index contributed by atoms with van der Waals surface area (Å²) in [5, 5.41) is 14.7. The van der Waals surface area contributed by atoms with E-state index in [1.54, 1.807) is 31.6 Å². The lowest BCUT2D eigenvalue weighted by Gasteiger charge is -2.28. The molecule has 2 aromatic heterocycles. The van der Waals surface area contributed by atoms with Crippen molar-refractivity contribution in [1.82, 2.24) is 35.5 Å². The zero-order valence-electron chi connectivity index (χ0n) is 17.8. The van der Waals surface area contributed by atoms with Crippen LogP contribution >= 0.6 is 0 Å². The van der Waals surface area contributed by atoms with E-state index >= 15 is 0 Å². The third-order valence-corrected chi connectivity index (χ3v) is 5.30. The molecule has 11 nitrogen and oxygen atoms in total. The van der Waals surface area contributed by atoms with Gasteiger partial charge in [0.2, 0.25) is 5.91 Å². The topological polar surface area (TPSA) is 128 Å². The van der Waals surface area contributed by atoms with Gasteiger partial charge >= 0.3 is 0 Å². The van der Waals surface area contributed by atoms with E-state index in [0.29, 0.717) is 29.0 Å². The Balaban J connectivity index is 1.30. The van der Waals surface area contributed by atoms with Crippen molar-refractivity contribution >= 4 is 28.5 Å². The molecule has 0 radical (unpaired) electrons. The van der Waals surface area contributed by atoms with E-state index < -0.39 is 11.9 Å². The number of carbonyl (C=O) groups excluding carboxylic acids is 2. The van der Waals surface area contributed by atoms with Gasteiger partial charge < -0.3 is 15.0 Å². The molecule has 0 spiro atoms. The van der Waals surface area contributed by atoms with E-state index in [1.165, 1.54) is 9.70 Å². The van der Waals surface area contributed by atoms with Crippen LogP contribution in [0.15, 0.2) is 54.9 Å². The normalized spacial score (nSPS) is 16.0. The molecular weight excluding hydrogens is 424 g/mol. The van der Waals surface area contributed by atoms with Crippen LogP contribution in [0.1, 0.15) is 22.6 Å². The Morgan fingerprint density at radius 2 is 1.91 bits per heavy atom. The molecule has 4 aromatic rings. The average molecular weight is 444 g/mol. The van der Waals surface area contributed by atoms with E-state index in [4.69, 9.17) is 4.74 Å². The number of benzene rings is 2. The van der Waals surface area contributed by atoms with Gasteiger partial charge in [0, 0.05) is 25.5 Å². The highest BCUT2D eigenvalue weighted by Crippen LogP contribution is 2.33. The smallest absolute Gasteiger partial charge is 0.293 e. The van der Waals surface area contributed by atoms with Crippen LogP contribution in [0.4, 0.5) is 5.69 Å². The number of ether oxygens (including phenoxy) is 1. The molecule has 33 heavy (non-hydrogen) atoms. The SMILES string of the molecule is CN1C(=O)C[C@@H](NC(=O)c2nnn(Cc3ccccc3)n2)COc2cc3nccnc3cc21. The molecular formula is C22H20N8O3. The Hall–Kier alpha value is -4.41. The number of aromatic nitrogens is 6. The van der Waals surface area contributed by atoms with Crippen LogP contribution in [0.25, 0.3) is 11.0 Å². The maximum Gasteiger partial charge on any atom is 0.293 e. The molecule has 2 amide bonds. The van der Waals surface area contributed by atoms with Crippen LogP contribution in [0.5, 0.6) is 5.75 Å². The summed E-state index contributed by atoms with van der Waals surface area (Å²) in [6, 6.07) is 12.5. The summed E-state index contributed by atoms with van der Waals surface area (Å²) in [6.45, 7) is 0.493. The number of fused-ring (bicyclic) bond motifs is 2. The summed E-state index contributed by atoms with van der Waals surface area (Å²) < 4.78 is 5.95. The largest absolute Gasteiger partial charge is 0.489 e. The maximum atomic E-state index is 12.8. The molecule has 2 aromatic carbocycles. The van der Waals surface area contributed by atoms with Gasteiger partial charge in [-0.15, -0.1) is 10.2 Å². The van der Waals surface area contributed by atoms with Gasteiger partial charge in [-0.1, -0.05) is 30.3 Å². The molecule has 5 rings (SSSR count). The first kappa shape index (κ1) is 20.5. The van der Waals surface area contributed by atoms with Crippen LogP contribution in [0, 0.1) is 0 Å². The molecule has 0 bridgehead atoms. The molecule has 11 heteroatoms. The fourth-order valence-electron chi connectivity index (χ4n) is 3.58. The quantitative estimate of drug-likeness (QED) is 0.497. The lowest BCUT2D eigenvalue weighted by molar-refractivity contribution is -0.119. The molecule has 166 valence electrons. The van der Waals surface area contributed by atoms with E-state index in [2.05, 4.69) is 30.7 Å². The van der Waals surface area contributed by atoms with Crippen LogP contribution in [-0.4, -0.2) is 61.7 Å². The molecule has 1 aliphatic heterocycles. The monoisotopic (exact) mass is 444 g/mol. The van der Waals surface area contributed by atoms with Crippen molar-refractivity contribution in [2.24, 2.45) is 0 Å². The van der Waals surface area contributed by atoms with Gasteiger partial charge in [-0.05, 0) is 16.8 Å². The lowest BCUT2D eigenvalue weighted by Crippen LogP contribution is -2.45. The summed E-state index contributed by atoms with van der Waals surface area (Å²) in [5.41, 5.74) is 2.90. The Morgan fingerprint density at radius 1 is 1.15 bits per heavy atom. The first-order valence-electron chi connectivity index (χ1n) is 10.3. The standard InChI is InChI=1S/C22H20N8O3/c1-29-18-10-16-17(24-8-7-23-16)11-19(18)33-13-15(9-20(29)31)25-22(32)21-26-28-30(27-21)12-14-5-3-2-4-6-14/h2-8,10-11,15H,9,12-13H2,1H3,(H,25,32)/t15-/m1/s1. The Kier molecular flexibility index (Phi) is 5.35. The summed E-state index contributed by atoms with van der Waals surface area (Å²) in [6.07, 6.45) is 3.24. The van der Waals surface area contributed by atoms with E-state index in [9.17, 15) is 9.59 Å². The van der Waals surface area contributed by atoms with Gasteiger partial charge in [0.05, 0.1) is 35.7 Å². The summed E-state index contributed by atoms with van der Waals surface area (Å²) in [4.78, 5) is 36.9. The number of hydrogen-bond acceptors (Lipinski definition) is 8. The van der Waals surface area contributed by atoms with Crippen LogP contribution in [-0.2, 0) is 11.3 Å². The van der Waals surface area contributed by atoms with Crippen LogP contribution in [0.2, 0.25) is 0 Å². The summed E-state index contributed by atoms with van der Waals surface area (Å²) in [7, 11) is 1.66. The fourth-order valence-corrected chi connectivity index (χ4v) is 3.58. The van der Waals surface area contributed by atoms with E-state index in [1.807, 2.05) is 30.3 Å². The predicted octanol–water partition coefficient (Wildman–Crippen LogP) is 1.21. The molecule has 1 atom stereocenters. The van der Waals surface area contributed by atoms with Gasteiger partial charge in [0.15, 0.2) is 0 Å². The summed E-state index contributed by atoms with van der Waals surface area (Å²) in [5.74, 6) is -0.280.